The fourth-order valence-corrected chi connectivity index (χ4v) is 1.46. The average molecular weight is 261 g/mol. The number of benzene rings is 1. The van der Waals surface area contributed by atoms with Crippen LogP contribution in [0.15, 0.2) is 30.0 Å². The zero-order valence-electron chi connectivity index (χ0n) is 9.80. The molecule has 0 bridgehead atoms. The highest BCUT2D eigenvalue weighted by Crippen LogP contribution is 2.14. The number of carbonyl (C=O) groups is 3. The molecule has 0 aliphatic carbocycles. The lowest BCUT2D eigenvalue weighted by Crippen LogP contribution is -2.22. The monoisotopic (exact) mass is 261 g/mol. The molecule has 1 fully saturated rings. The number of primary amides is 1. The first-order valence-electron chi connectivity index (χ1n) is 5.40. The largest absolute Gasteiger partial charge is 0.484 e. The number of nitrogens with one attached hydrogen (secondary N) is 2. The van der Waals surface area contributed by atoms with Gasteiger partial charge in [0.15, 0.2) is 6.61 Å². The van der Waals surface area contributed by atoms with Crippen LogP contribution in [0.5, 0.6) is 5.75 Å². The summed E-state index contributed by atoms with van der Waals surface area (Å²) in [5.74, 6) is -0.545. The van der Waals surface area contributed by atoms with E-state index in [1.54, 1.807) is 24.3 Å². The van der Waals surface area contributed by atoms with Crippen LogP contribution in [0.4, 0.5) is 4.79 Å². The summed E-state index contributed by atoms with van der Waals surface area (Å²) in [6, 6.07) is 6.08. The second kappa shape index (κ2) is 5.21. The summed E-state index contributed by atoms with van der Waals surface area (Å²) in [7, 11) is 0. The first kappa shape index (κ1) is 12.6. The van der Waals surface area contributed by atoms with E-state index in [2.05, 4.69) is 10.6 Å². The molecule has 2 rings (SSSR count). The summed E-state index contributed by atoms with van der Waals surface area (Å²) in [6.07, 6.45) is 1.53. The minimum atomic E-state index is -0.559. The van der Waals surface area contributed by atoms with Crippen molar-refractivity contribution in [1.29, 1.82) is 0 Å². The van der Waals surface area contributed by atoms with Crippen molar-refractivity contribution in [2.45, 2.75) is 0 Å². The third-order valence-electron chi connectivity index (χ3n) is 2.29. The predicted octanol–water partition coefficient (Wildman–Crippen LogP) is -0.269. The zero-order valence-corrected chi connectivity index (χ0v) is 9.80. The fourth-order valence-electron chi connectivity index (χ4n) is 1.46. The Morgan fingerprint density at radius 3 is 2.42 bits per heavy atom. The zero-order chi connectivity index (χ0) is 13.8. The van der Waals surface area contributed by atoms with Crippen LogP contribution in [0, 0.1) is 0 Å². The van der Waals surface area contributed by atoms with Crippen molar-refractivity contribution in [3.05, 3.63) is 35.5 Å². The molecule has 4 amide bonds. The minimum absolute atomic E-state index is 0.177. The van der Waals surface area contributed by atoms with Crippen molar-refractivity contribution < 1.29 is 19.1 Å². The molecule has 1 heterocycles. The van der Waals surface area contributed by atoms with Gasteiger partial charge in [-0.1, -0.05) is 12.1 Å². The van der Waals surface area contributed by atoms with Crippen LogP contribution in [-0.4, -0.2) is 24.5 Å². The highest BCUT2D eigenvalue weighted by atomic mass is 16.5. The lowest BCUT2D eigenvalue weighted by molar-refractivity contribution is -0.120. The summed E-state index contributed by atoms with van der Waals surface area (Å²) in [4.78, 5) is 32.7. The van der Waals surface area contributed by atoms with Gasteiger partial charge in [-0.15, -0.1) is 0 Å². The number of hydrogen-bond acceptors (Lipinski definition) is 4. The molecule has 98 valence electrons. The Balaban J connectivity index is 2.06. The number of urea groups is 1. The number of nitrogens with two attached hydrogens (primary N) is 1. The molecule has 1 aliphatic heterocycles. The SMILES string of the molecule is NC(=O)COc1ccc(/C=C2\NC(=O)NC2=O)cc1. The maximum Gasteiger partial charge on any atom is 0.326 e. The standard InChI is InChI=1S/C12H11N3O4/c13-10(16)6-19-8-3-1-7(2-4-8)5-9-11(17)15-12(18)14-9/h1-5H,6H2,(H2,13,16)(H2,14,15,17,18)/b9-5-. The summed E-state index contributed by atoms with van der Waals surface area (Å²) in [5, 5.41) is 4.47. The Hall–Kier alpha value is -2.83. The molecular weight excluding hydrogens is 250 g/mol. The van der Waals surface area contributed by atoms with Gasteiger partial charge in [-0.25, -0.2) is 4.79 Å². The Kier molecular flexibility index (Phi) is 3.46. The Morgan fingerprint density at radius 2 is 1.89 bits per heavy atom. The second-order valence-corrected chi connectivity index (χ2v) is 3.79. The molecule has 0 radical (unpaired) electrons. The highest BCUT2D eigenvalue weighted by molar-refractivity contribution is 6.13. The third kappa shape index (κ3) is 3.32. The third-order valence-corrected chi connectivity index (χ3v) is 2.29. The summed E-state index contributed by atoms with van der Waals surface area (Å²) in [6.45, 7) is -0.196. The van der Waals surface area contributed by atoms with E-state index in [-0.39, 0.29) is 12.3 Å². The summed E-state index contributed by atoms with van der Waals surface area (Å²) in [5.41, 5.74) is 5.83. The molecule has 1 aromatic carbocycles. The van der Waals surface area contributed by atoms with Gasteiger partial charge < -0.3 is 15.8 Å². The van der Waals surface area contributed by atoms with Gasteiger partial charge in [0.25, 0.3) is 11.8 Å². The van der Waals surface area contributed by atoms with E-state index in [0.29, 0.717) is 11.3 Å². The molecule has 0 atom stereocenters. The van der Waals surface area contributed by atoms with E-state index in [0.717, 1.165) is 0 Å². The molecule has 4 N–H and O–H groups in total. The van der Waals surface area contributed by atoms with Crippen LogP contribution in [0.3, 0.4) is 0 Å². The van der Waals surface area contributed by atoms with Gasteiger partial charge >= 0.3 is 6.03 Å². The average Bonchev–Trinajstić information content (AvgIpc) is 2.67. The van der Waals surface area contributed by atoms with Crippen molar-refractivity contribution in [2.75, 3.05) is 6.61 Å². The van der Waals surface area contributed by atoms with Gasteiger partial charge in [0.05, 0.1) is 0 Å². The number of rotatable bonds is 4. The van der Waals surface area contributed by atoms with Crippen molar-refractivity contribution in [3.63, 3.8) is 0 Å². The minimum Gasteiger partial charge on any atom is -0.484 e. The van der Waals surface area contributed by atoms with E-state index in [1.165, 1.54) is 6.08 Å². The van der Waals surface area contributed by atoms with Gasteiger partial charge in [-0.3, -0.25) is 14.9 Å². The first-order chi connectivity index (χ1) is 9.04. The van der Waals surface area contributed by atoms with Crippen LogP contribution in [0.2, 0.25) is 0 Å². The van der Waals surface area contributed by atoms with Crippen LogP contribution >= 0.6 is 0 Å². The van der Waals surface area contributed by atoms with Crippen molar-refractivity contribution in [3.8, 4) is 5.75 Å². The molecule has 19 heavy (non-hydrogen) atoms. The van der Waals surface area contributed by atoms with Crippen molar-refractivity contribution in [1.82, 2.24) is 10.6 Å². The molecule has 7 heteroatoms. The van der Waals surface area contributed by atoms with Crippen molar-refractivity contribution >= 4 is 23.9 Å². The molecule has 1 aromatic rings. The fraction of sp³-hybridized carbons (Fsp3) is 0.0833. The molecule has 0 aromatic heterocycles. The maximum absolute atomic E-state index is 11.3. The van der Waals surface area contributed by atoms with Gasteiger partial charge in [-0.05, 0) is 23.8 Å². The topological polar surface area (TPSA) is 111 Å². The van der Waals surface area contributed by atoms with Gasteiger partial charge in [0, 0.05) is 0 Å². The van der Waals surface area contributed by atoms with E-state index in [4.69, 9.17) is 10.5 Å². The number of imide groups is 1. The highest BCUT2D eigenvalue weighted by Gasteiger charge is 2.22. The molecule has 1 aliphatic rings. The van der Waals surface area contributed by atoms with E-state index in [9.17, 15) is 14.4 Å². The quantitative estimate of drug-likeness (QED) is 0.511. The lowest BCUT2D eigenvalue weighted by Gasteiger charge is -2.03. The Bertz CT molecular complexity index is 563. The van der Waals surface area contributed by atoms with E-state index < -0.39 is 17.8 Å². The van der Waals surface area contributed by atoms with Crippen LogP contribution in [0.25, 0.3) is 6.08 Å². The van der Waals surface area contributed by atoms with E-state index >= 15 is 0 Å². The molecule has 0 spiro atoms. The van der Waals surface area contributed by atoms with Crippen LogP contribution in [-0.2, 0) is 9.59 Å². The molecule has 7 nitrogen and oxygen atoms in total. The predicted molar refractivity (Wildman–Crippen MR) is 65.8 cm³/mol. The lowest BCUT2D eigenvalue weighted by atomic mass is 10.2. The first-order valence-corrected chi connectivity index (χ1v) is 5.40. The number of carbonyl (C=O) groups excluding carboxylic acids is 3. The van der Waals surface area contributed by atoms with Gasteiger partial charge in [0.2, 0.25) is 0 Å². The summed E-state index contributed by atoms with van der Waals surface area (Å²) >= 11 is 0. The summed E-state index contributed by atoms with van der Waals surface area (Å²) < 4.78 is 5.09. The van der Waals surface area contributed by atoms with Gasteiger partial charge in [0.1, 0.15) is 11.4 Å². The van der Waals surface area contributed by atoms with Crippen LogP contribution < -0.4 is 21.1 Å². The number of amides is 4. The van der Waals surface area contributed by atoms with Crippen LogP contribution in [0.1, 0.15) is 5.56 Å². The second-order valence-electron chi connectivity index (χ2n) is 3.79. The normalized spacial score (nSPS) is 16.1. The van der Waals surface area contributed by atoms with E-state index in [1.807, 2.05) is 0 Å². The smallest absolute Gasteiger partial charge is 0.326 e. The Morgan fingerprint density at radius 1 is 1.21 bits per heavy atom. The maximum atomic E-state index is 11.3. The van der Waals surface area contributed by atoms with Crippen molar-refractivity contribution in [2.24, 2.45) is 5.73 Å². The Labute approximate surface area is 108 Å². The van der Waals surface area contributed by atoms with Gasteiger partial charge in [-0.2, -0.15) is 0 Å². The molecule has 1 saturated heterocycles. The number of hydrogen-bond donors (Lipinski definition) is 3. The number of ether oxygens (including phenoxy) is 1. The molecule has 0 unspecified atom stereocenters. The molecule has 0 saturated carbocycles. The molecular formula is C12H11N3O4.